The summed E-state index contributed by atoms with van der Waals surface area (Å²) in [6.07, 6.45) is 0.449. The Labute approximate surface area is 146 Å². The Bertz CT molecular complexity index is 956. The van der Waals surface area contributed by atoms with Crippen LogP contribution in [-0.4, -0.2) is 22.4 Å². The van der Waals surface area contributed by atoms with E-state index in [1.54, 1.807) is 0 Å². The van der Waals surface area contributed by atoms with E-state index < -0.39 is 0 Å². The summed E-state index contributed by atoms with van der Waals surface area (Å²) in [4.78, 5) is 24.1. The van der Waals surface area contributed by atoms with Crippen LogP contribution in [0.2, 0.25) is 0 Å². The van der Waals surface area contributed by atoms with Crippen LogP contribution in [0.1, 0.15) is 35.0 Å². The molecule has 3 aromatic rings. The lowest BCUT2D eigenvalue weighted by atomic mass is 9.92. The van der Waals surface area contributed by atoms with E-state index in [0.29, 0.717) is 13.0 Å². The van der Waals surface area contributed by atoms with Gasteiger partial charge in [-0.2, -0.15) is 0 Å². The number of Topliss-reactive ketones (excluding diaryl/α,β-unsaturated/α-hetero) is 1. The molecule has 1 aliphatic carbocycles. The fourth-order valence-electron chi connectivity index (χ4n) is 3.74. The number of ether oxygens (including phenoxy) is 1. The minimum absolute atomic E-state index is 0.0514. The Balaban J connectivity index is 1.85. The van der Waals surface area contributed by atoms with E-state index in [1.165, 1.54) is 12.5 Å². The number of para-hydroxylation sites is 1. The van der Waals surface area contributed by atoms with Gasteiger partial charge in [-0.25, -0.2) is 0 Å². The van der Waals surface area contributed by atoms with Crippen LogP contribution in [0.15, 0.2) is 54.6 Å². The van der Waals surface area contributed by atoms with Crippen molar-refractivity contribution >= 4 is 22.7 Å². The highest BCUT2D eigenvalue weighted by atomic mass is 16.5. The summed E-state index contributed by atoms with van der Waals surface area (Å²) in [6, 6.07) is 18.2. The van der Waals surface area contributed by atoms with Crippen molar-refractivity contribution in [3.8, 4) is 0 Å². The smallest absolute Gasteiger partial charge is 0.302 e. The van der Waals surface area contributed by atoms with Crippen molar-refractivity contribution in [2.45, 2.75) is 32.4 Å². The molecule has 25 heavy (non-hydrogen) atoms. The maximum atomic E-state index is 12.8. The number of benzene rings is 2. The van der Waals surface area contributed by atoms with Crippen LogP contribution < -0.4 is 0 Å². The van der Waals surface area contributed by atoms with Crippen LogP contribution in [0, 0.1) is 0 Å². The second-order valence-corrected chi connectivity index (χ2v) is 6.47. The minimum atomic E-state index is -0.378. The Morgan fingerprint density at radius 2 is 1.80 bits per heavy atom. The van der Waals surface area contributed by atoms with Gasteiger partial charge >= 0.3 is 5.97 Å². The zero-order valence-corrected chi connectivity index (χ0v) is 14.1. The molecule has 0 amide bonds. The zero-order chi connectivity index (χ0) is 17.4. The van der Waals surface area contributed by atoms with E-state index in [2.05, 4.69) is 16.7 Å². The SMILES string of the molecule is CC(=O)OC1CC(=O)c2c(n(Cc3ccccc3)c3ccccc23)C1. The predicted octanol–water partition coefficient (Wildman–Crippen LogP) is 3.75. The second-order valence-electron chi connectivity index (χ2n) is 6.47. The first-order valence-electron chi connectivity index (χ1n) is 8.48. The molecule has 4 heteroatoms. The maximum Gasteiger partial charge on any atom is 0.302 e. The molecule has 1 heterocycles. The first-order valence-corrected chi connectivity index (χ1v) is 8.48. The van der Waals surface area contributed by atoms with Gasteiger partial charge in [0.15, 0.2) is 5.78 Å². The van der Waals surface area contributed by atoms with Crippen molar-refractivity contribution in [2.75, 3.05) is 0 Å². The van der Waals surface area contributed by atoms with Gasteiger partial charge < -0.3 is 9.30 Å². The predicted molar refractivity (Wildman–Crippen MR) is 95.7 cm³/mol. The van der Waals surface area contributed by atoms with E-state index in [0.717, 1.165) is 22.2 Å². The third-order valence-corrected chi connectivity index (χ3v) is 4.71. The summed E-state index contributed by atoms with van der Waals surface area (Å²) in [7, 11) is 0. The van der Waals surface area contributed by atoms with Crippen molar-refractivity contribution in [3.63, 3.8) is 0 Å². The first-order chi connectivity index (χ1) is 12.1. The average Bonchev–Trinajstić information content (AvgIpc) is 2.90. The number of carbonyl (C=O) groups is 2. The van der Waals surface area contributed by atoms with Gasteiger partial charge in [-0.3, -0.25) is 9.59 Å². The van der Waals surface area contributed by atoms with Crippen LogP contribution in [0.3, 0.4) is 0 Å². The standard InChI is InChI=1S/C21H19NO3/c1-14(23)25-16-11-19-21(20(24)12-16)17-9-5-6-10-18(17)22(19)13-15-7-3-2-4-8-15/h2-10,16H,11-13H2,1H3. The average molecular weight is 333 g/mol. The van der Waals surface area contributed by atoms with Gasteiger partial charge in [0, 0.05) is 48.5 Å². The van der Waals surface area contributed by atoms with Crippen LogP contribution in [0.4, 0.5) is 0 Å². The first kappa shape index (κ1) is 15.6. The Morgan fingerprint density at radius 3 is 2.56 bits per heavy atom. The van der Waals surface area contributed by atoms with Crippen LogP contribution in [0.25, 0.3) is 10.9 Å². The third kappa shape index (κ3) is 2.84. The molecular formula is C21H19NO3. The van der Waals surface area contributed by atoms with Gasteiger partial charge in [0.05, 0.1) is 0 Å². The monoisotopic (exact) mass is 333 g/mol. The Kier molecular flexibility index (Phi) is 3.88. The molecule has 1 aliphatic rings. The molecule has 1 atom stereocenters. The molecule has 0 radical (unpaired) electrons. The minimum Gasteiger partial charge on any atom is -0.462 e. The second kappa shape index (κ2) is 6.20. The lowest BCUT2D eigenvalue weighted by Gasteiger charge is -2.23. The molecule has 0 saturated heterocycles. The normalized spacial score (nSPS) is 16.7. The molecule has 4 rings (SSSR count). The maximum absolute atomic E-state index is 12.8. The fourth-order valence-corrected chi connectivity index (χ4v) is 3.74. The summed E-state index contributed by atoms with van der Waals surface area (Å²) in [5.41, 5.74) is 3.98. The van der Waals surface area contributed by atoms with Crippen molar-refractivity contribution in [3.05, 3.63) is 71.4 Å². The number of carbonyl (C=O) groups excluding carboxylic acids is 2. The molecule has 0 spiro atoms. The molecule has 0 aliphatic heterocycles. The summed E-state index contributed by atoms with van der Waals surface area (Å²) < 4.78 is 7.53. The molecule has 1 aromatic heterocycles. The largest absolute Gasteiger partial charge is 0.462 e. The Hall–Kier alpha value is -2.88. The van der Waals surface area contributed by atoms with Crippen LogP contribution in [-0.2, 0) is 22.5 Å². The van der Waals surface area contributed by atoms with Gasteiger partial charge in [0.25, 0.3) is 0 Å². The zero-order valence-electron chi connectivity index (χ0n) is 14.1. The van der Waals surface area contributed by atoms with Gasteiger partial charge in [0.1, 0.15) is 6.10 Å². The van der Waals surface area contributed by atoms with Crippen molar-refractivity contribution in [1.29, 1.82) is 0 Å². The molecule has 126 valence electrons. The Morgan fingerprint density at radius 1 is 1.08 bits per heavy atom. The summed E-state index contributed by atoms with van der Waals surface area (Å²) >= 11 is 0. The lowest BCUT2D eigenvalue weighted by Crippen LogP contribution is -2.29. The number of rotatable bonds is 3. The van der Waals surface area contributed by atoms with E-state index >= 15 is 0 Å². The van der Waals surface area contributed by atoms with E-state index in [9.17, 15) is 9.59 Å². The molecule has 2 aromatic carbocycles. The highest BCUT2D eigenvalue weighted by molar-refractivity contribution is 6.10. The van der Waals surface area contributed by atoms with Crippen molar-refractivity contribution in [2.24, 2.45) is 0 Å². The number of esters is 1. The number of aromatic nitrogens is 1. The third-order valence-electron chi connectivity index (χ3n) is 4.71. The quantitative estimate of drug-likeness (QED) is 0.686. The van der Waals surface area contributed by atoms with E-state index in [1.807, 2.05) is 42.5 Å². The number of nitrogens with zero attached hydrogens (tertiary/aromatic N) is 1. The number of hydrogen-bond donors (Lipinski definition) is 0. The van der Waals surface area contributed by atoms with Gasteiger partial charge in [0.2, 0.25) is 0 Å². The summed E-state index contributed by atoms with van der Waals surface area (Å²) in [5, 5.41) is 0.986. The number of fused-ring (bicyclic) bond motifs is 3. The highest BCUT2D eigenvalue weighted by Gasteiger charge is 2.32. The molecule has 0 bridgehead atoms. The van der Waals surface area contributed by atoms with Crippen molar-refractivity contribution < 1.29 is 14.3 Å². The lowest BCUT2D eigenvalue weighted by molar-refractivity contribution is -0.146. The van der Waals surface area contributed by atoms with Gasteiger partial charge in [-0.05, 0) is 11.6 Å². The molecule has 4 nitrogen and oxygen atoms in total. The molecule has 1 unspecified atom stereocenters. The van der Waals surface area contributed by atoms with Crippen LogP contribution >= 0.6 is 0 Å². The summed E-state index contributed by atoms with van der Waals surface area (Å²) in [6.45, 7) is 2.08. The molecule has 0 fully saturated rings. The van der Waals surface area contributed by atoms with E-state index in [4.69, 9.17) is 4.74 Å². The number of hydrogen-bond acceptors (Lipinski definition) is 3. The summed E-state index contributed by atoms with van der Waals surface area (Å²) in [5.74, 6) is -0.289. The molecular weight excluding hydrogens is 314 g/mol. The topological polar surface area (TPSA) is 48.3 Å². The molecule has 0 saturated carbocycles. The van der Waals surface area contributed by atoms with E-state index in [-0.39, 0.29) is 24.3 Å². The van der Waals surface area contributed by atoms with Gasteiger partial charge in [-0.15, -0.1) is 0 Å². The molecule has 0 N–H and O–H groups in total. The fraction of sp³-hybridized carbons (Fsp3) is 0.238. The van der Waals surface area contributed by atoms with Crippen molar-refractivity contribution in [1.82, 2.24) is 4.57 Å². The van der Waals surface area contributed by atoms with Gasteiger partial charge in [-0.1, -0.05) is 48.5 Å². The highest BCUT2D eigenvalue weighted by Crippen LogP contribution is 2.33. The number of ketones is 1. The van der Waals surface area contributed by atoms with Crippen LogP contribution in [0.5, 0.6) is 0 Å².